The Morgan fingerprint density at radius 3 is 2.39 bits per heavy atom. The second-order valence-corrected chi connectivity index (χ2v) is 5.78. The van der Waals surface area contributed by atoms with Crippen molar-refractivity contribution in [3.05, 3.63) is 0 Å². The van der Waals surface area contributed by atoms with Crippen LogP contribution in [0.5, 0.6) is 0 Å². The van der Waals surface area contributed by atoms with Gasteiger partial charge in [0.15, 0.2) is 0 Å². The molecule has 1 saturated carbocycles. The van der Waals surface area contributed by atoms with Crippen LogP contribution in [0.15, 0.2) is 0 Å². The monoisotopic (exact) mass is 266 g/mol. The molecule has 1 aliphatic rings. The molecule has 0 radical (unpaired) electrons. The molecule has 0 bridgehead atoms. The Balaban J connectivity index is 2.20. The molecule has 0 saturated heterocycles. The molecule has 3 N–H and O–H groups in total. The number of hydrogen-bond donors (Lipinski definition) is 2. The van der Waals surface area contributed by atoms with Crippen LogP contribution in [0.25, 0.3) is 0 Å². The van der Waals surface area contributed by atoms with Gasteiger partial charge in [-0.25, -0.2) is 0 Å². The standard InChI is InChI=1S/C13H25F3N2/c1-11-3-6-12(9-17,7-4-11)10-18-8-2-5-13(14,15)16/h11,18H,2-10,17H2,1H3. The van der Waals surface area contributed by atoms with Crippen molar-refractivity contribution in [3.63, 3.8) is 0 Å². The predicted molar refractivity (Wildman–Crippen MR) is 67.3 cm³/mol. The molecule has 108 valence electrons. The van der Waals surface area contributed by atoms with Gasteiger partial charge in [0.05, 0.1) is 0 Å². The molecule has 0 aromatic carbocycles. The molecule has 0 atom stereocenters. The van der Waals surface area contributed by atoms with Crippen molar-refractivity contribution in [2.75, 3.05) is 19.6 Å². The third-order valence-corrected chi connectivity index (χ3v) is 4.08. The second kappa shape index (κ2) is 6.75. The molecule has 0 amide bonds. The van der Waals surface area contributed by atoms with Crippen LogP contribution in [-0.2, 0) is 0 Å². The lowest BCUT2D eigenvalue weighted by molar-refractivity contribution is -0.135. The first kappa shape index (κ1) is 15.8. The zero-order chi connectivity index (χ0) is 13.6. The van der Waals surface area contributed by atoms with Crippen molar-refractivity contribution in [2.45, 2.75) is 51.6 Å². The molecule has 1 rings (SSSR count). The van der Waals surface area contributed by atoms with Gasteiger partial charge in [-0.15, -0.1) is 0 Å². The quantitative estimate of drug-likeness (QED) is 0.725. The van der Waals surface area contributed by atoms with Crippen LogP contribution in [0, 0.1) is 11.3 Å². The fourth-order valence-electron chi connectivity index (χ4n) is 2.59. The van der Waals surface area contributed by atoms with Gasteiger partial charge < -0.3 is 11.1 Å². The van der Waals surface area contributed by atoms with Gasteiger partial charge in [0.2, 0.25) is 0 Å². The Kier molecular flexibility index (Phi) is 5.92. The Morgan fingerprint density at radius 2 is 1.89 bits per heavy atom. The third-order valence-electron chi connectivity index (χ3n) is 4.08. The molecular weight excluding hydrogens is 241 g/mol. The first-order chi connectivity index (χ1) is 8.37. The number of rotatable bonds is 6. The van der Waals surface area contributed by atoms with Crippen molar-refractivity contribution >= 4 is 0 Å². The van der Waals surface area contributed by atoms with E-state index in [0.717, 1.165) is 25.3 Å². The van der Waals surface area contributed by atoms with E-state index in [1.165, 1.54) is 12.8 Å². The van der Waals surface area contributed by atoms with Crippen molar-refractivity contribution < 1.29 is 13.2 Å². The third kappa shape index (κ3) is 5.57. The van der Waals surface area contributed by atoms with E-state index in [-0.39, 0.29) is 11.8 Å². The maximum Gasteiger partial charge on any atom is 0.389 e. The fraction of sp³-hybridized carbons (Fsp3) is 1.00. The van der Waals surface area contributed by atoms with E-state index in [1.807, 2.05) is 0 Å². The number of alkyl halides is 3. The second-order valence-electron chi connectivity index (χ2n) is 5.78. The lowest BCUT2D eigenvalue weighted by Gasteiger charge is -2.38. The van der Waals surface area contributed by atoms with Crippen molar-refractivity contribution in [1.29, 1.82) is 0 Å². The summed E-state index contributed by atoms with van der Waals surface area (Å²) in [7, 11) is 0. The largest absolute Gasteiger partial charge is 0.389 e. The summed E-state index contributed by atoms with van der Waals surface area (Å²) in [5.41, 5.74) is 5.96. The predicted octanol–water partition coefficient (Wildman–Crippen LogP) is 3.07. The molecular formula is C13H25F3N2. The van der Waals surface area contributed by atoms with Gasteiger partial charge in [-0.05, 0) is 43.7 Å². The van der Waals surface area contributed by atoms with Gasteiger partial charge in [0, 0.05) is 13.0 Å². The summed E-state index contributed by atoms with van der Waals surface area (Å²) in [4.78, 5) is 0. The minimum atomic E-state index is -4.03. The van der Waals surface area contributed by atoms with Crippen LogP contribution in [0.4, 0.5) is 13.2 Å². The van der Waals surface area contributed by atoms with E-state index >= 15 is 0 Å². The Bertz CT molecular complexity index is 233. The van der Waals surface area contributed by atoms with Crippen LogP contribution in [0.3, 0.4) is 0 Å². The van der Waals surface area contributed by atoms with Gasteiger partial charge in [0.25, 0.3) is 0 Å². The highest BCUT2D eigenvalue weighted by molar-refractivity contribution is 4.87. The van der Waals surface area contributed by atoms with Crippen molar-refractivity contribution in [2.24, 2.45) is 17.1 Å². The minimum absolute atomic E-state index is 0.116. The number of halogens is 3. The minimum Gasteiger partial charge on any atom is -0.330 e. The summed E-state index contributed by atoms with van der Waals surface area (Å²) < 4.78 is 35.9. The van der Waals surface area contributed by atoms with E-state index < -0.39 is 12.6 Å². The van der Waals surface area contributed by atoms with Crippen molar-refractivity contribution in [1.82, 2.24) is 5.32 Å². The molecule has 1 aliphatic carbocycles. The molecule has 0 aromatic heterocycles. The first-order valence-electron chi connectivity index (χ1n) is 6.84. The molecule has 0 spiro atoms. The van der Waals surface area contributed by atoms with E-state index in [0.29, 0.717) is 13.1 Å². The van der Waals surface area contributed by atoms with Crippen LogP contribution < -0.4 is 11.1 Å². The first-order valence-corrected chi connectivity index (χ1v) is 6.84. The molecule has 0 aromatic rings. The zero-order valence-electron chi connectivity index (χ0n) is 11.2. The topological polar surface area (TPSA) is 38.0 Å². The fourth-order valence-corrected chi connectivity index (χ4v) is 2.59. The normalized spacial score (nSPS) is 29.5. The van der Waals surface area contributed by atoms with Gasteiger partial charge in [-0.1, -0.05) is 19.8 Å². The van der Waals surface area contributed by atoms with Crippen LogP contribution in [-0.4, -0.2) is 25.8 Å². The summed E-state index contributed by atoms with van der Waals surface area (Å²) >= 11 is 0. The smallest absolute Gasteiger partial charge is 0.330 e. The Morgan fingerprint density at radius 1 is 1.28 bits per heavy atom. The lowest BCUT2D eigenvalue weighted by atomic mass is 9.71. The Hall–Kier alpha value is -0.290. The van der Waals surface area contributed by atoms with E-state index in [1.54, 1.807) is 0 Å². The molecule has 0 aliphatic heterocycles. The highest BCUT2D eigenvalue weighted by atomic mass is 19.4. The van der Waals surface area contributed by atoms with Crippen molar-refractivity contribution in [3.8, 4) is 0 Å². The highest BCUT2D eigenvalue weighted by Crippen LogP contribution is 2.37. The molecule has 2 nitrogen and oxygen atoms in total. The molecule has 5 heteroatoms. The number of nitrogens with two attached hydrogens (primary N) is 1. The average Bonchev–Trinajstić information content (AvgIpc) is 2.30. The molecule has 0 heterocycles. The van der Waals surface area contributed by atoms with Gasteiger partial charge in [-0.2, -0.15) is 13.2 Å². The van der Waals surface area contributed by atoms with E-state index in [4.69, 9.17) is 5.73 Å². The zero-order valence-corrected chi connectivity index (χ0v) is 11.2. The van der Waals surface area contributed by atoms with Gasteiger partial charge >= 0.3 is 6.18 Å². The maximum absolute atomic E-state index is 12.0. The van der Waals surface area contributed by atoms with Crippen LogP contribution in [0.2, 0.25) is 0 Å². The van der Waals surface area contributed by atoms with E-state index in [9.17, 15) is 13.2 Å². The van der Waals surface area contributed by atoms with Gasteiger partial charge in [0.1, 0.15) is 0 Å². The van der Waals surface area contributed by atoms with Crippen LogP contribution in [0.1, 0.15) is 45.4 Å². The summed E-state index contributed by atoms with van der Waals surface area (Å²) in [5, 5.41) is 3.15. The van der Waals surface area contributed by atoms with Gasteiger partial charge in [-0.3, -0.25) is 0 Å². The Labute approximate surface area is 107 Å². The number of nitrogens with one attached hydrogen (secondary N) is 1. The highest BCUT2D eigenvalue weighted by Gasteiger charge is 2.32. The summed E-state index contributed by atoms with van der Waals surface area (Å²) in [6.45, 7) is 4.06. The number of hydrogen-bond acceptors (Lipinski definition) is 2. The molecule has 18 heavy (non-hydrogen) atoms. The molecule has 1 fully saturated rings. The van der Waals surface area contributed by atoms with Crippen LogP contribution >= 0.6 is 0 Å². The van der Waals surface area contributed by atoms with E-state index in [2.05, 4.69) is 12.2 Å². The summed E-state index contributed by atoms with van der Waals surface area (Å²) in [5.74, 6) is 0.759. The lowest BCUT2D eigenvalue weighted by Crippen LogP contribution is -2.43. The average molecular weight is 266 g/mol. The maximum atomic E-state index is 12.0. The summed E-state index contributed by atoms with van der Waals surface area (Å²) in [6, 6.07) is 0. The molecule has 0 unspecified atom stereocenters. The SMILES string of the molecule is CC1CCC(CN)(CNCCCC(F)(F)F)CC1. The summed E-state index contributed by atoms with van der Waals surface area (Å²) in [6.07, 6.45) is -0.0303.